The summed E-state index contributed by atoms with van der Waals surface area (Å²) in [6.07, 6.45) is 21.5. The molecule has 0 bridgehead atoms. The Labute approximate surface area is 170 Å². The molecule has 0 unspecified atom stereocenters. The first-order valence-electron chi connectivity index (χ1n) is 10.9. The molecule has 0 aromatic heterocycles. The fourth-order valence-electron chi connectivity index (χ4n) is 2.91. The van der Waals surface area contributed by atoms with Crippen LogP contribution in [0.15, 0.2) is 12.2 Å². The maximum absolute atomic E-state index is 10.3. The van der Waals surface area contributed by atoms with Crippen LogP contribution in [0.1, 0.15) is 110 Å². The SMILES string of the molecule is CCCCCCCC/C=C\CCCCCCCC(=O)O.O=C1CCC(=O)N1O. The van der Waals surface area contributed by atoms with Gasteiger partial charge in [-0.1, -0.05) is 70.4 Å². The molecule has 2 N–H and O–H groups in total. The lowest BCUT2D eigenvalue weighted by Gasteiger charge is -1.99. The molecule has 6 heteroatoms. The molecule has 1 aliphatic rings. The lowest BCUT2D eigenvalue weighted by molar-refractivity contribution is -0.171. The van der Waals surface area contributed by atoms with E-state index in [-0.39, 0.29) is 17.9 Å². The van der Waals surface area contributed by atoms with Crippen LogP contribution < -0.4 is 0 Å². The number of unbranched alkanes of at least 4 members (excludes halogenated alkanes) is 11. The maximum Gasteiger partial charge on any atom is 0.303 e. The largest absolute Gasteiger partial charge is 0.481 e. The van der Waals surface area contributed by atoms with Crippen molar-refractivity contribution >= 4 is 17.8 Å². The third kappa shape index (κ3) is 16.5. The van der Waals surface area contributed by atoms with Gasteiger partial charge in [-0.15, -0.1) is 0 Å². The molecule has 1 heterocycles. The lowest BCUT2D eigenvalue weighted by Crippen LogP contribution is -2.24. The first-order chi connectivity index (χ1) is 13.5. The number of amides is 2. The fourth-order valence-corrected chi connectivity index (χ4v) is 2.91. The van der Waals surface area contributed by atoms with Gasteiger partial charge in [0.1, 0.15) is 0 Å². The fraction of sp³-hybridized carbons (Fsp3) is 0.773. The van der Waals surface area contributed by atoms with Gasteiger partial charge >= 0.3 is 5.97 Å². The van der Waals surface area contributed by atoms with Crippen molar-refractivity contribution in [2.45, 2.75) is 110 Å². The van der Waals surface area contributed by atoms with E-state index in [1.807, 2.05) is 0 Å². The second-order valence-corrected chi connectivity index (χ2v) is 7.33. The summed E-state index contributed by atoms with van der Waals surface area (Å²) in [5.41, 5.74) is 0. The van der Waals surface area contributed by atoms with E-state index >= 15 is 0 Å². The lowest BCUT2D eigenvalue weighted by atomic mass is 10.1. The third-order valence-corrected chi connectivity index (χ3v) is 4.68. The second kappa shape index (κ2) is 18.7. The molecular weight excluding hydrogens is 358 g/mol. The standard InChI is InChI=1S/C18H34O2.C4H5NO3/c1-2-3-4-5-6-7-8-9-10-11-12-13-14-15-16-17-18(19)20;6-3-1-2-4(7)5(3)8/h9-10H,2-8,11-17H2,1H3,(H,19,20);8H,1-2H2/b10-9-;. The van der Waals surface area contributed by atoms with Crippen LogP contribution in [0.3, 0.4) is 0 Å². The van der Waals surface area contributed by atoms with Crippen molar-refractivity contribution in [3.05, 3.63) is 12.2 Å². The highest BCUT2D eigenvalue weighted by atomic mass is 16.5. The Hall–Kier alpha value is -1.69. The molecule has 2 amide bonds. The van der Waals surface area contributed by atoms with Gasteiger partial charge in [-0.25, -0.2) is 0 Å². The molecule has 0 aromatic carbocycles. The van der Waals surface area contributed by atoms with Crippen molar-refractivity contribution in [1.29, 1.82) is 0 Å². The topological polar surface area (TPSA) is 94.9 Å². The van der Waals surface area contributed by atoms with Gasteiger partial charge in [-0.3, -0.25) is 19.6 Å². The Morgan fingerprint density at radius 3 is 1.64 bits per heavy atom. The summed E-state index contributed by atoms with van der Waals surface area (Å²) < 4.78 is 0. The van der Waals surface area contributed by atoms with Crippen LogP contribution in [0.2, 0.25) is 0 Å². The predicted octanol–water partition coefficient (Wildman–Crippen LogP) is 5.63. The molecule has 0 radical (unpaired) electrons. The van der Waals surface area contributed by atoms with Crippen molar-refractivity contribution in [3.63, 3.8) is 0 Å². The van der Waals surface area contributed by atoms with E-state index in [1.165, 1.54) is 70.6 Å². The van der Waals surface area contributed by atoms with Crippen LogP contribution in [-0.4, -0.2) is 33.2 Å². The number of hydroxylamine groups is 2. The summed E-state index contributed by atoms with van der Waals surface area (Å²) in [6.45, 7) is 2.26. The Balaban J connectivity index is 0.000000749. The number of allylic oxidation sites excluding steroid dienone is 2. The van der Waals surface area contributed by atoms with Crippen molar-refractivity contribution < 1.29 is 24.7 Å². The molecule has 1 aliphatic heterocycles. The van der Waals surface area contributed by atoms with Gasteiger partial charge in [0.2, 0.25) is 0 Å². The number of carbonyl (C=O) groups excluding carboxylic acids is 2. The molecule has 1 saturated heterocycles. The summed E-state index contributed by atoms with van der Waals surface area (Å²) in [6, 6.07) is 0. The van der Waals surface area contributed by atoms with Crippen molar-refractivity contribution in [3.8, 4) is 0 Å². The van der Waals surface area contributed by atoms with Gasteiger partial charge < -0.3 is 5.11 Å². The Kier molecular flexibility index (Phi) is 17.5. The number of carbonyl (C=O) groups is 3. The average molecular weight is 398 g/mol. The molecule has 0 spiro atoms. The summed E-state index contributed by atoms with van der Waals surface area (Å²) in [5.74, 6) is -1.67. The third-order valence-electron chi connectivity index (χ3n) is 4.68. The quantitative estimate of drug-likeness (QED) is 0.161. The molecular formula is C22H39NO5. The summed E-state index contributed by atoms with van der Waals surface area (Å²) >= 11 is 0. The Bertz CT molecular complexity index is 446. The molecule has 6 nitrogen and oxygen atoms in total. The van der Waals surface area contributed by atoms with Gasteiger partial charge in [0.15, 0.2) is 0 Å². The minimum atomic E-state index is -0.664. The van der Waals surface area contributed by atoms with Crippen LogP contribution in [0.4, 0.5) is 0 Å². The van der Waals surface area contributed by atoms with E-state index in [2.05, 4.69) is 19.1 Å². The predicted molar refractivity (Wildman–Crippen MR) is 110 cm³/mol. The Morgan fingerprint density at radius 2 is 1.25 bits per heavy atom. The number of rotatable bonds is 15. The normalized spacial score (nSPS) is 13.9. The number of imide groups is 1. The molecule has 1 fully saturated rings. The van der Waals surface area contributed by atoms with Gasteiger partial charge in [0.05, 0.1) is 0 Å². The highest BCUT2D eigenvalue weighted by Gasteiger charge is 2.26. The first kappa shape index (κ1) is 26.3. The van der Waals surface area contributed by atoms with Crippen LogP contribution in [0.5, 0.6) is 0 Å². The number of hydrogen-bond acceptors (Lipinski definition) is 4. The molecule has 0 atom stereocenters. The van der Waals surface area contributed by atoms with E-state index in [0.717, 1.165) is 12.8 Å². The van der Waals surface area contributed by atoms with Crippen LogP contribution in [0.25, 0.3) is 0 Å². The first-order valence-corrected chi connectivity index (χ1v) is 10.9. The zero-order valence-electron chi connectivity index (χ0n) is 17.5. The molecule has 28 heavy (non-hydrogen) atoms. The number of hydrogen-bond donors (Lipinski definition) is 2. The summed E-state index contributed by atoms with van der Waals surface area (Å²) in [4.78, 5) is 30.8. The number of carboxylic acids is 1. The van der Waals surface area contributed by atoms with Crippen molar-refractivity contribution in [2.75, 3.05) is 0 Å². The smallest absolute Gasteiger partial charge is 0.303 e. The van der Waals surface area contributed by atoms with Gasteiger partial charge in [0, 0.05) is 19.3 Å². The van der Waals surface area contributed by atoms with E-state index in [0.29, 0.717) is 6.42 Å². The van der Waals surface area contributed by atoms with Gasteiger partial charge in [-0.2, -0.15) is 5.06 Å². The zero-order chi connectivity index (χ0) is 21.0. The van der Waals surface area contributed by atoms with E-state index in [4.69, 9.17) is 10.3 Å². The highest BCUT2D eigenvalue weighted by Crippen LogP contribution is 2.10. The highest BCUT2D eigenvalue weighted by molar-refractivity contribution is 6.00. The van der Waals surface area contributed by atoms with Crippen LogP contribution in [0, 0.1) is 0 Å². The molecule has 0 saturated carbocycles. The number of nitrogens with zero attached hydrogens (tertiary/aromatic N) is 1. The van der Waals surface area contributed by atoms with Crippen LogP contribution >= 0.6 is 0 Å². The van der Waals surface area contributed by atoms with Crippen molar-refractivity contribution in [1.82, 2.24) is 5.06 Å². The van der Waals surface area contributed by atoms with Gasteiger partial charge in [0.25, 0.3) is 11.8 Å². The minimum absolute atomic E-state index is 0.148. The number of aliphatic carboxylic acids is 1. The van der Waals surface area contributed by atoms with E-state index in [1.54, 1.807) is 0 Å². The van der Waals surface area contributed by atoms with Crippen molar-refractivity contribution in [2.24, 2.45) is 0 Å². The zero-order valence-corrected chi connectivity index (χ0v) is 17.5. The molecule has 0 aromatic rings. The molecule has 162 valence electrons. The van der Waals surface area contributed by atoms with E-state index < -0.39 is 17.8 Å². The van der Waals surface area contributed by atoms with Crippen LogP contribution in [-0.2, 0) is 14.4 Å². The van der Waals surface area contributed by atoms with Gasteiger partial charge in [-0.05, 0) is 32.1 Å². The summed E-state index contributed by atoms with van der Waals surface area (Å²) in [5, 5.41) is 17.1. The minimum Gasteiger partial charge on any atom is -0.481 e. The van der Waals surface area contributed by atoms with E-state index in [9.17, 15) is 14.4 Å². The summed E-state index contributed by atoms with van der Waals surface area (Å²) in [7, 11) is 0. The monoisotopic (exact) mass is 397 g/mol. The Morgan fingerprint density at radius 1 is 0.821 bits per heavy atom. The molecule has 1 rings (SSSR count). The molecule has 0 aliphatic carbocycles. The number of carboxylic acid groups (broad SMARTS) is 1. The maximum atomic E-state index is 10.3. The average Bonchev–Trinajstić information content (AvgIpc) is 2.96. The second-order valence-electron chi connectivity index (χ2n) is 7.33.